The summed E-state index contributed by atoms with van der Waals surface area (Å²) in [7, 11) is 1.60. The van der Waals surface area contributed by atoms with Crippen LogP contribution in [-0.2, 0) is 9.59 Å². The predicted octanol–water partition coefficient (Wildman–Crippen LogP) is 3.93. The van der Waals surface area contributed by atoms with E-state index >= 15 is 0 Å². The highest BCUT2D eigenvalue weighted by atomic mass is 35.5. The van der Waals surface area contributed by atoms with Crippen molar-refractivity contribution in [1.29, 1.82) is 0 Å². The van der Waals surface area contributed by atoms with Gasteiger partial charge in [-0.05, 0) is 54.2 Å². The fourth-order valence-corrected chi connectivity index (χ4v) is 3.88. The average molecular weight is 487 g/mol. The van der Waals surface area contributed by atoms with Crippen molar-refractivity contribution in [2.75, 3.05) is 43.5 Å². The lowest BCUT2D eigenvalue weighted by Gasteiger charge is -2.37. The van der Waals surface area contributed by atoms with Gasteiger partial charge in [0.15, 0.2) is 5.11 Å². The van der Waals surface area contributed by atoms with Gasteiger partial charge in [-0.15, -0.1) is 0 Å². The summed E-state index contributed by atoms with van der Waals surface area (Å²) in [5, 5.41) is 6.46. The van der Waals surface area contributed by atoms with E-state index in [4.69, 9.17) is 28.6 Å². The lowest BCUT2D eigenvalue weighted by atomic mass is 10.2. The van der Waals surface area contributed by atoms with Crippen LogP contribution in [0.25, 0.3) is 6.08 Å². The van der Waals surface area contributed by atoms with Crippen LogP contribution in [0.4, 0.5) is 11.4 Å². The summed E-state index contributed by atoms with van der Waals surface area (Å²) in [5.74, 6) is 0.562. The highest BCUT2D eigenvalue weighted by molar-refractivity contribution is 7.80. The molecule has 1 aliphatic heterocycles. The Morgan fingerprint density at radius 2 is 1.82 bits per heavy atom. The van der Waals surface area contributed by atoms with Crippen molar-refractivity contribution in [2.45, 2.75) is 13.3 Å². The normalized spacial score (nSPS) is 13.7. The summed E-state index contributed by atoms with van der Waals surface area (Å²) in [4.78, 5) is 28.3. The molecule has 174 valence electrons. The largest absolute Gasteiger partial charge is 0.497 e. The third-order valence-corrected chi connectivity index (χ3v) is 5.70. The van der Waals surface area contributed by atoms with Gasteiger partial charge < -0.3 is 19.9 Å². The molecule has 0 radical (unpaired) electrons. The smallest absolute Gasteiger partial charge is 0.250 e. The number of hydrogen-bond acceptors (Lipinski definition) is 5. The minimum Gasteiger partial charge on any atom is -0.497 e. The number of benzene rings is 2. The molecular formula is C24H27ClN4O3S. The Bertz CT molecular complexity index is 1030. The number of piperazine rings is 1. The highest BCUT2D eigenvalue weighted by Gasteiger charge is 2.22. The first-order chi connectivity index (χ1) is 15.9. The number of hydrogen-bond donors (Lipinski definition) is 2. The molecule has 2 amide bonds. The van der Waals surface area contributed by atoms with Crippen LogP contribution in [0.1, 0.15) is 18.9 Å². The van der Waals surface area contributed by atoms with Gasteiger partial charge in [0, 0.05) is 43.7 Å². The summed E-state index contributed by atoms with van der Waals surface area (Å²) in [6.07, 6.45) is 3.62. The van der Waals surface area contributed by atoms with Gasteiger partial charge in [-0.25, -0.2) is 0 Å². The topological polar surface area (TPSA) is 73.9 Å². The van der Waals surface area contributed by atoms with Gasteiger partial charge in [0.2, 0.25) is 11.8 Å². The molecule has 2 N–H and O–H groups in total. The number of rotatable bonds is 6. The first kappa shape index (κ1) is 24.5. The lowest BCUT2D eigenvalue weighted by Crippen LogP contribution is -2.48. The molecular weight excluding hydrogens is 460 g/mol. The van der Waals surface area contributed by atoms with Gasteiger partial charge in [0.1, 0.15) is 5.75 Å². The molecule has 1 aliphatic rings. The molecule has 0 unspecified atom stereocenters. The molecule has 1 heterocycles. The zero-order valence-electron chi connectivity index (χ0n) is 18.6. The zero-order chi connectivity index (χ0) is 23.8. The predicted molar refractivity (Wildman–Crippen MR) is 137 cm³/mol. The number of carbonyl (C=O) groups excluding carboxylic acids is 2. The number of carbonyl (C=O) groups is 2. The van der Waals surface area contributed by atoms with Crippen molar-refractivity contribution in [3.63, 3.8) is 0 Å². The summed E-state index contributed by atoms with van der Waals surface area (Å²) < 4.78 is 5.13. The molecule has 2 aromatic carbocycles. The van der Waals surface area contributed by atoms with Crippen molar-refractivity contribution in [2.24, 2.45) is 0 Å². The Morgan fingerprint density at radius 1 is 1.12 bits per heavy atom. The molecule has 33 heavy (non-hydrogen) atoms. The summed E-state index contributed by atoms with van der Waals surface area (Å²) in [6.45, 7) is 4.59. The van der Waals surface area contributed by atoms with E-state index in [9.17, 15) is 9.59 Å². The number of halogens is 1. The Kier molecular flexibility index (Phi) is 8.68. The third kappa shape index (κ3) is 6.94. The van der Waals surface area contributed by atoms with Crippen LogP contribution in [0.15, 0.2) is 48.5 Å². The fourth-order valence-electron chi connectivity index (χ4n) is 3.50. The Morgan fingerprint density at radius 3 is 2.45 bits per heavy atom. The van der Waals surface area contributed by atoms with Gasteiger partial charge in [0.05, 0.1) is 18.5 Å². The van der Waals surface area contributed by atoms with E-state index in [1.165, 1.54) is 6.08 Å². The van der Waals surface area contributed by atoms with Gasteiger partial charge >= 0.3 is 0 Å². The SMILES string of the molecule is CCC(=O)N1CCN(c2ccc(Cl)cc2NC(=S)NC(=O)/C=C/c2ccc(OC)cc2)CC1. The van der Waals surface area contributed by atoms with E-state index in [-0.39, 0.29) is 16.9 Å². The van der Waals surface area contributed by atoms with E-state index in [1.807, 2.05) is 48.2 Å². The molecule has 9 heteroatoms. The number of methoxy groups -OCH3 is 1. The molecule has 1 fully saturated rings. The van der Waals surface area contributed by atoms with Crippen LogP contribution in [0, 0.1) is 0 Å². The molecule has 7 nitrogen and oxygen atoms in total. The highest BCUT2D eigenvalue weighted by Crippen LogP contribution is 2.30. The molecule has 1 saturated heterocycles. The second-order valence-corrected chi connectivity index (χ2v) is 8.28. The number of nitrogens with one attached hydrogen (secondary N) is 2. The van der Waals surface area contributed by atoms with Crippen LogP contribution in [0.3, 0.4) is 0 Å². The van der Waals surface area contributed by atoms with Crippen molar-refractivity contribution in [3.8, 4) is 5.75 Å². The maximum atomic E-state index is 12.3. The lowest BCUT2D eigenvalue weighted by molar-refractivity contribution is -0.131. The first-order valence-electron chi connectivity index (χ1n) is 10.7. The van der Waals surface area contributed by atoms with Crippen molar-refractivity contribution >= 4 is 58.2 Å². The number of ether oxygens (including phenoxy) is 1. The maximum absolute atomic E-state index is 12.3. The fraction of sp³-hybridized carbons (Fsp3) is 0.292. The van der Waals surface area contributed by atoms with Crippen LogP contribution >= 0.6 is 23.8 Å². The van der Waals surface area contributed by atoms with Gasteiger partial charge in [0.25, 0.3) is 0 Å². The van der Waals surface area contributed by atoms with Crippen LogP contribution in [0.5, 0.6) is 5.75 Å². The minimum absolute atomic E-state index is 0.163. The molecule has 0 aromatic heterocycles. The maximum Gasteiger partial charge on any atom is 0.250 e. The van der Waals surface area contributed by atoms with Gasteiger partial charge in [-0.2, -0.15) is 0 Å². The van der Waals surface area contributed by atoms with Gasteiger partial charge in [-0.1, -0.05) is 30.7 Å². The monoisotopic (exact) mass is 486 g/mol. The summed E-state index contributed by atoms with van der Waals surface area (Å²) >= 11 is 11.5. The summed E-state index contributed by atoms with van der Waals surface area (Å²) in [6, 6.07) is 12.8. The number of thiocarbonyl (C=S) groups is 1. The summed E-state index contributed by atoms with van der Waals surface area (Å²) in [5.41, 5.74) is 2.47. The molecule has 2 aromatic rings. The first-order valence-corrected chi connectivity index (χ1v) is 11.4. The number of amides is 2. The number of nitrogens with zero attached hydrogens (tertiary/aromatic N) is 2. The van der Waals surface area contributed by atoms with Crippen molar-refractivity contribution < 1.29 is 14.3 Å². The third-order valence-electron chi connectivity index (χ3n) is 5.26. The van der Waals surface area contributed by atoms with Crippen LogP contribution < -0.4 is 20.3 Å². The van der Waals surface area contributed by atoms with Gasteiger partial charge in [-0.3, -0.25) is 14.9 Å². The van der Waals surface area contributed by atoms with Crippen molar-refractivity contribution in [3.05, 3.63) is 59.1 Å². The van der Waals surface area contributed by atoms with E-state index in [1.54, 1.807) is 19.3 Å². The van der Waals surface area contributed by atoms with E-state index in [2.05, 4.69) is 15.5 Å². The standard InChI is InChI=1S/C24H27ClN4O3S/c1-3-23(31)29-14-12-28(13-15-29)21-10-7-18(25)16-20(21)26-24(33)27-22(30)11-6-17-4-8-19(32-2)9-5-17/h4-11,16H,3,12-15H2,1-2H3,(H2,26,27,30,33)/b11-6+. The average Bonchev–Trinajstić information content (AvgIpc) is 2.82. The van der Waals surface area contributed by atoms with E-state index in [0.29, 0.717) is 43.3 Å². The van der Waals surface area contributed by atoms with Crippen LogP contribution in [0.2, 0.25) is 5.02 Å². The molecule has 0 bridgehead atoms. The quantitative estimate of drug-likeness (QED) is 0.476. The van der Waals surface area contributed by atoms with E-state index in [0.717, 1.165) is 17.0 Å². The number of anilines is 2. The van der Waals surface area contributed by atoms with Crippen molar-refractivity contribution in [1.82, 2.24) is 10.2 Å². The Hall–Kier alpha value is -3.10. The second-order valence-electron chi connectivity index (χ2n) is 7.43. The molecule has 3 rings (SSSR count). The zero-order valence-corrected chi connectivity index (χ0v) is 20.2. The molecule has 0 aliphatic carbocycles. The Balaban J connectivity index is 1.61. The second kappa shape index (κ2) is 11.7. The van der Waals surface area contributed by atoms with E-state index < -0.39 is 0 Å². The minimum atomic E-state index is -0.349. The Labute approximate surface area is 204 Å². The molecule has 0 atom stereocenters. The molecule has 0 spiro atoms. The van der Waals surface area contributed by atoms with Crippen LogP contribution in [-0.4, -0.2) is 55.1 Å². The molecule has 0 saturated carbocycles.